The molecule has 24 heavy (non-hydrogen) atoms. The third kappa shape index (κ3) is 4.71. The van der Waals surface area contributed by atoms with Crippen molar-refractivity contribution in [1.82, 2.24) is 15.1 Å². The Morgan fingerprint density at radius 3 is 2.17 bits per heavy atom. The lowest BCUT2D eigenvalue weighted by Crippen LogP contribution is -2.53. The number of methoxy groups -OCH3 is 1. The molecule has 0 unspecified atom stereocenters. The van der Waals surface area contributed by atoms with Gasteiger partial charge in [-0.3, -0.25) is 14.4 Å². The summed E-state index contributed by atoms with van der Waals surface area (Å²) in [6.45, 7) is 3.63. The number of piperazine rings is 1. The van der Waals surface area contributed by atoms with Crippen LogP contribution < -0.4 is 10.1 Å². The van der Waals surface area contributed by atoms with Gasteiger partial charge in [-0.25, -0.2) is 0 Å². The molecule has 1 aliphatic heterocycles. The van der Waals surface area contributed by atoms with Crippen molar-refractivity contribution in [3.8, 4) is 5.75 Å². The van der Waals surface area contributed by atoms with Gasteiger partial charge in [-0.1, -0.05) is 12.1 Å². The predicted octanol–water partition coefficient (Wildman–Crippen LogP) is 0.0446. The molecule has 1 N–H and O–H groups in total. The average molecular weight is 333 g/mol. The number of nitrogens with one attached hydrogen (secondary N) is 1. The van der Waals surface area contributed by atoms with Crippen LogP contribution in [0.1, 0.15) is 12.5 Å². The van der Waals surface area contributed by atoms with E-state index in [1.807, 2.05) is 24.3 Å². The van der Waals surface area contributed by atoms with E-state index in [-0.39, 0.29) is 5.91 Å². The lowest BCUT2D eigenvalue weighted by Gasteiger charge is -2.33. The van der Waals surface area contributed by atoms with Crippen LogP contribution in [0.4, 0.5) is 0 Å². The van der Waals surface area contributed by atoms with Gasteiger partial charge in [0.15, 0.2) is 0 Å². The number of hydrogen-bond acceptors (Lipinski definition) is 4. The second-order valence-electron chi connectivity index (χ2n) is 5.65. The van der Waals surface area contributed by atoms with E-state index in [1.165, 1.54) is 11.8 Å². The molecule has 1 aromatic carbocycles. The molecule has 3 amide bonds. The third-order valence-electron chi connectivity index (χ3n) is 4.06. The molecule has 1 fully saturated rings. The van der Waals surface area contributed by atoms with Crippen LogP contribution in [-0.4, -0.2) is 67.4 Å². The Morgan fingerprint density at radius 1 is 1.04 bits per heavy atom. The maximum atomic E-state index is 12.1. The number of hydrogen-bond donors (Lipinski definition) is 1. The van der Waals surface area contributed by atoms with Crippen LogP contribution in [0.2, 0.25) is 0 Å². The highest BCUT2D eigenvalue weighted by atomic mass is 16.5. The molecular weight excluding hydrogens is 310 g/mol. The zero-order valence-corrected chi connectivity index (χ0v) is 14.1. The number of carbonyl (C=O) groups excluding carboxylic acids is 3. The highest BCUT2D eigenvalue weighted by molar-refractivity contribution is 6.35. The molecule has 7 heteroatoms. The SMILES string of the molecule is COc1ccc(CCNC(=O)C(=O)N2CCN(C(C)=O)CC2)cc1. The molecule has 0 spiro atoms. The van der Waals surface area contributed by atoms with E-state index in [1.54, 1.807) is 12.0 Å². The summed E-state index contributed by atoms with van der Waals surface area (Å²) in [5.41, 5.74) is 1.05. The van der Waals surface area contributed by atoms with Gasteiger partial charge in [0.05, 0.1) is 7.11 Å². The minimum absolute atomic E-state index is 0.00829. The summed E-state index contributed by atoms with van der Waals surface area (Å²) in [7, 11) is 1.61. The summed E-state index contributed by atoms with van der Waals surface area (Å²) in [6.07, 6.45) is 0.640. The molecule has 2 rings (SSSR count). The van der Waals surface area contributed by atoms with Gasteiger partial charge in [0.1, 0.15) is 5.75 Å². The fourth-order valence-electron chi connectivity index (χ4n) is 2.56. The van der Waals surface area contributed by atoms with Crippen LogP contribution >= 0.6 is 0 Å². The Morgan fingerprint density at radius 2 is 1.62 bits per heavy atom. The summed E-state index contributed by atoms with van der Waals surface area (Å²) < 4.78 is 5.09. The third-order valence-corrected chi connectivity index (χ3v) is 4.06. The van der Waals surface area contributed by atoms with Crippen LogP contribution in [0.25, 0.3) is 0 Å². The summed E-state index contributed by atoms with van der Waals surface area (Å²) in [5, 5.41) is 2.65. The second-order valence-corrected chi connectivity index (χ2v) is 5.65. The van der Waals surface area contributed by atoms with Crippen LogP contribution in [0.3, 0.4) is 0 Å². The Hall–Kier alpha value is -2.57. The Bertz CT molecular complexity index is 592. The molecule has 0 atom stereocenters. The number of benzene rings is 1. The predicted molar refractivity (Wildman–Crippen MR) is 88.5 cm³/mol. The van der Waals surface area contributed by atoms with Gasteiger partial charge in [-0.15, -0.1) is 0 Å². The van der Waals surface area contributed by atoms with Gasteiger partial charge < -0.3 is 19.9 Å². The normalized spacial score (nSPS) is 14.2. The first-order valence-electron chi connectivity index (χ1n) is 7.97. The standard InChI is InChI=1S/C17H23N3O4/c1-13(21)19-9-11-20(12-10-19)17(23)16(22)18-8-7-14-3-5-15(24-2)6-4-14/h3-6H,7-12H2,1-2H3,(H,18,22). The van der Waals surface area contributed by atoms with E-state index in [9.17, 15) is 14.4 Å². The van der Waals surface area contributed by atoms with Crippen molar-refractivity contribution in [3.63, 3.8) is 0 Å². The monoisotopic (exact) mass is 333 g/mol. The van der Waals surface area contributed by atoms with E-state index in [0.29, 0.717) is 39.1 Å². The fraction of sp³-hybridized carbons (Fsp3) is 0.471. The smallest absolute Gasteiger partial charge is 0.312 e. The topological polar surface area (TPSA) is 79.0 Å². The molecule has 1 heterocycles. The van der Waals surface area contributed by atoms with Gasteiger partial charge in [0, 0.05) is 39.6 Å². The number of amides is 3. The van der Waals surface area contributed by atoms with Crippen LogP contribution in [0, 0.1) is 0 Å². The number of carbonyl (C=O) groups is 3. The first kappa shape index (κ1) is 17.8. The van der Waals surface area contributed by atoms with Gasteiger partial charge in [0.25, 0.3) is 0 Å². The van der Waals surface area contributed by atoms with Crippen molar-refractivity contribution in [3.05, 3.63) is 29.8 Å². The van der Waals surface area contributed by atoms with E-state index in [0.717, 1.165) is 11.3 Å². The second kappa shape index (κ2) is 8.33. The van der Waals surface area contributed by atoms with Gasteiger partial charge >= 0.3 is 11.8 Å². The Balaban J connectivity index is 1.73. The minimum Gasteiger partial charge on any atom is -0.497 e. The first-order valence-corrected chi connectivity index (χ1v) is 7.97. The first-order chi connectivity index (χ1) is 11.5. The average Bonchev–Trinajstić information content (AvgIpc) is 2.61. The lowest BCUT2D eigenvalue weighted by molar-refractivity contribution is -0.148. The van der Waals surface area contributed by atoms with Gasteiger partial charge in [0.2, 0.25) is 5.91 Å². The van der Waals surface area contributed by atoms with Gasteiger partial charge in [-0.05, 0) is 24.1 Å². The molecular formula is C17H23N3O4. The summed E-state index contributed by atoms with van der Waals surface area (Å²) in [5.74, 6) is -0.360. The van der Waals surface area contributed by atoms with Crippen molar-refractivity contribution in [2.24, 2.45) is 0 Å². The zero-order valence-electron chi connectivity index (χ0n) is 14.1. The van der Waals surface area contributed by atoms with Crippen molar-refractivity contribution >= 4 is 17.7 Å². The van der Waals surface area contributed by atoms with E-state index < -0.39 is 11.8 Å². The quantitative estimate of drug-likeness (QED) is 0.790. The van der Waals surface area contributed by atoms with Crippen molar-refractivity contribution < 1.29 is 19.1 Å². The molecule has 7 nitrogen and oxygen atoms in total. The molecule has 0 aliphatic carbocycles. The summed E-state index contributed by atoms with van der Waals surface area (Å²) in [6, 6.07) is 7.56. The molecule has 0 aromatic heterocycles. The summed E-state index contributed by atoms with van der Waals surface area (Å²) >= 11 is 0. The van der Waals surface area contributed by atoms with Crippen molar-refractivity contribution in [2.75, 3.05) is 39.8 Å². The minimum atomic E-state index is -0.597. The van der Waals surface area contributed by atoms with Crippen LogP contribution in [0.5, 0.6) is 5.75 Å². The maximum Gasteiger partial charge on any atom is 0.312 e. The maximum absolute atomic E-state index is 12.1. The molecule has 1 aliphatic rings. The van der Waals surface area contributed by atoms with E-state index in [4.69, 9.17) is 4.74 Å². The zero-order chi connectivity index (χ0) is 17.5. The van der Waals surface area contributed by atoms with Crippen LogP contribution in [-0.2, 0) is 20.8 Å². The van der Waals surface area contributed by atoms with Gasteiger partial charge in [-0.2, -0.15) is 0 Å². The van der Waals surface area contributed by atoms with E-state index >= 15 is 0 Å². The van der Waals surface area contributed by atoms with E-state index in [2.05, 4.69) is 5.32 Å². The lowest BCUT2D eigenvalue weighted by atomic mass is 10.1. The Kier molecular flexibility index (Phi) is 6.17. The summed E-state index contributed by atoms with van der Waals surface area (Å²) in [4.78, 5) is 38.5. The number of ether oxygens (including phenoxy) is 1. The highest BCUT2D eigenvalue weighted by Crippen LogP contribution is 2.11. The van der Waals surface area contributed by atoms with Crippen molar-refractivity contribution in [2.45, 2.75) is 13.3 Å². The molecule has 0 radical (unpaired) electrons. The largest absolute Gasteiger partial charge is 0.497 e. The molecule has 1 aromatic rings. The number of rotatable bonds is 4. The molecule has 130 valence electrons. The molecule has 0 bridgehead atoms. The molecule has 1 saturated heterocycles. The molecule has 0 saturated carbocycles. The Labute approximate surface area is 141 Å². The van der Waals surface area contributed by atoms with Crippen molar-refractivity contribution in [1.29, 1.82) is 0 Å². The highest BCUT2D eigenvalue weighted by Gasteiger charge is 2.26. The fourth-order valence-corrected chi connectivity index (χ4v) is 2.56. The van der Waals surface area contributed by atoms with Crippen LogP contribution in [0.15, 0.2) is 24.3 Å². The number of nitrogens with zero attached hydrogens (tertiary/aromatic N) is 2.